The van der Waals surface area contributed by atoms with Gasteiger partial charge in [-0.1, -0.05) is 0 Å². The van der Waals surface area contributed by atoms with E-state index in [-0.39, 0.29) is 24.5 Å². The molecule has 1 aromatic rings. The largest absolute Gasteiger partial charge is 0.418 e. The van der Waals surface area contributed by atoms with Gasteiger partial charge in [0.25, 0.3) is 0 Å². The molecule has 0 spiro atoms. The highest BCUT2D eigenvalue weighted by Gasteiger charge is 2.35. The SMILES string of the molecule is N#CCN(CC#N)c1ccc(N)cc1C(F)(F)F. The van der Waals surface area contributed by atoms with Crippen molar-refractivity contribution in [2.24, 2.45) is 0 Å². The predicted molar refractivity (Wildman–Crippen MR) is 59.3 cm³/mol. The fraction of sp³-hybridized carbons (Fsp3) is 0.273. The fourth-order valence-electron chi connectivity index (χ4n) is 1.45. The Bertz CT molecular complexity index is 494. The number of alkyl halides is 3. The van der Waals surface area contributed by atoms with Crippen LogP contribution in [0.5, 0.6) is 0 Å². The summed E-state index contributed by atoms with van der Waals surface area (Å²) < 4.78 is 38.5. The summed E-state index contributed by atoms with van der Waals surface area (Å²) in [6.07, 6.45) is -4.59. The Morgan fingerprint density at radius 1 is 1.17 bits per heavy atom. The first-order valence-electron chi connectivity index (χ1n) is 4.85. The number of halogens is 3. The van der Waals surface area contributed by atoms with Crippen LogP contribution in [0.15, 0.2) is 18.2 Å². The number of hydrogen-bond acceptors (Lipinski definition) is 4. The second kappa shape index (κ2) is 5.28. The zero-order chi connectivity index (χ0) is 13.8. The average Bonchev–Trinajstić information content (AvgIpc) is 2.27. The smallest absolute Gasteiger partial charge is 0.399 e. The minimum Gasteiger partial charge on any atom is -0.399 e. The molecule has 1 rings (SSSR count). The van der Waals surface area contributed by atoms with Crippen LogP contribution in [-0.2, 0) is 6.18 Å². The van der Waals surface area contributed by atoms with Gasteiger partial charge < -0.3 is 10.6 Å². The van der Waals surface area contributed by atoms with Gasteiger partial charge in [0, 0.05) is 5.69 Å². The van der Waals surface area contributed by atoms with Crippen LogP contribution in [0.25, 0.3) is 0 Å². The first-order chi connectivity index (χ1) is 8.40. The van der Waals surface area contributed by atoms with Crippen molar-refractivity contribution in [1.29, 1.82) is 10.5 Å². The molecule has 0 radical (unpaired) electrons. The fourth-order valence-corrected chi connectivity index (χ4v) is 1.45. The maximum Gasteiger partial charge on any atom is 0.418 e. The number of rotatable bonds is 3. The van der Waals surface area contributed by atoms with Crippen molar-refractivity contribution >= 4 is 11.4 Å². The summed E-state index contributed by atoms with van der Waals surface area (Å²) in [4.78, 5) is 1.04. The highest BCUT2D eigenvalue weighted by molar-refractivity contribution is 5.61. The van der Waals surface area contributed by atoms with E-state index >= 15 is 0 Å². The number of nitriles is 2. The van der Waals surface area contributed by atoms with Gasteiger partial charge >= 0.3 is 6.18 Å². The molecule has 0 aromatic heterocycles. The summed E-state index contributed by atoms with van der Waals surface area (Å²) >= 11 is 0. The van der Waals surface area contributed by atoms with Crippen molar-refractivity contribution < 1.29 is 13.2 Å². The van der Waals surface area contributed by atoms with Gasteiger partial charge in [0.15, 0.2) is 0 Å². The monoisotopic (exact) mass is 254 g/mol. The summed E-state index contributed by atoms with van der Waals surface area (Å²) in [6.45, 7) is -0.610. The Morgan fingerprint density at radius 3 is 2.17 bits per heavy atom. The Hall–Kier alpha value is -2.41. The lowest BCUT2D eigenvalue weighted by Crippen LogP contribution is -2.26. The second-order valence-corrected chi connectivity index (χ2v) is 3.45. The molecular weight excluding hydrogens is 245 g/mol. The van der Waals surface area contributed by atoms with Crippen molar-refractivity contribution in [2.45, 2.75) is 6.18 Å². The van der Waals surface area contributed by atoms with E-state index in [4.69, 9.17) is 16.3 Å². The molecule has 0 aliphatic rings. The number of anilines is 2. The highest BCUT2D eigenvalue weighted by Crippen LogP contribution is 2.37. The van der Waals surface area contributed by atoms with E-state index < -0.39 is 11.7 Å². The number of nitrogens with zero attached hydrogens (tertiary/aromatic N) is 3. The van der Waals surface area contributed by atoms with E-state index in [0.29, 0.717) is 0 Å². The molecule has 7 heteroatoms. The average molecular weight is 254 g/mol. The third-order valence-electron chi connectivity index (χ3n) is 2.19. The van der Waals surface area contributed by atoms with Gasteiger partial charge in [-0.15, -0.1) is 0 Å². The quantitative estimate of drug-likeness (QED) is 0.662. The van der Waals surface area contributed by atoms with Crippen LogP contribution >= 0.6 is 0 Å². The summed E-state index contributed by atoms with van der Waals surface area (Å²) in [5.74, 6) is 0. The minimum absolute atomic E-state index is 0.0278. The molecule has 2 N–H and O–H groups in total. The Balaban J connectivity index is 3.30. The van der Waals surface area contributed by atoms with Crippen molar-refractivity contribution in [3.63, 3.8) is 0 Å². The molecule has 0 fully saturated rings. The lowest BCUT2D eigenvalue weighted by molar-refractivity contribution is -0.137. The minimum atomic E-state index is -4.59. The maximum absolute atomic E-state index is 12.8. The van der Waals surface area contributed by atoms with Crippen molar-refractivity contribution in [3.05, 3.63) is 23.8 Å². The summed E-state index contributed by atoms with van der Waals surface area (Å²) in [6, 6.07) is 6.69. The topological polar surface area (TPSA) is 76.8 Å². The molecular formula is C11H9F3N4. The van der Waals surface area contributed by atoms with Gasteiger partial charge in [-0.3, -0.25) is 0 Å². The summed E-state index contributed by atoms with van der Waals surface area (Å²) in [5, 5.41) is 17.1. The van der Waals surface area contributed by atoms with E-state index in [1.165, 1.54) is 6.07 Å². The predicted octanol–water partition coefficient (Wildman–Crippen LogP) is 2.14. The molecule has 0 amide bonds. The van der Waals surface area contributed by atoms with Crippen molar-refractivity contribution in [3.8, 4) is 12.1 Å². The third-order valence-corrected chi connectivity index (χ3v) is 2.19. The molecule has 0 aliphatic heterocycles. The number of benzene rings is 1. The molecule has 4 nitrogen and oxygen atoms in total. The van der Waals surface area contributed by atoms with E-state index in [1.807, 2.05) is 0 Å². The van der Waals surface area contributed by atoms with Crippen LogP contribution in [0.2, 0.25) is 0 Å². The van der Waals surface area contributed by atoms with Crippen LogP contribution in [0.1, 0.15) is 5.56 Å². The Labute approximate surface area is 102 Å². The molecule has 0 saturated carbocycles. The zero-order valence-corrected chi connectivity index (χ0v) is 9.20. The van der Waals surface area contributed by atoms with Crippen LogP contribution < -0.4 is 10.6 Å². The lowest BCUT2D eigenvalue weighted by atomic mass is 10.1. The zero-order valence-electron chi connectivity index (χ0n) is 9.20. The van der Waals surface area contributed by atoms with Crippen LogP contribution in [-0.4, -0.2) is 13.1 Å². The van der Waals surface area contributed by atoms with Gasteiger partial charge in [-0.25, -0.2) is 0 Å². The van der Waals surface area contributed by atoms with Crippen LogP contribution in [0.4, 0.5) is 24.5 Å². The Morgan fingerprint density at radius 2 is 1.72 bits per heavy atom. The maximum atomic E-state index is 12.8. The molecule has 0 saturated heterocycles. The number of nitrogen functional groups attached to an aromatic ring is 1. The molecule has 0 bridgehead atoms. The first kappa shape index (κ1) is 13.7. The molecule has 18 heavy (non-hydrogen) atoms. The molecule has 1 aromatic carbocycles. The van der Waals surface area contributed by atoms with E-state index in [1.54, 1.807) is 12.1 Å². The van der Waals surface area contributed by atoms with Gasteiger partial charge in [-0.2, -0.15) is 23.7 Å². The van der Waals surface area contributed by atoms with Crippen LogP contribution in [0.3, 0.4) is 0 Å². The Kier molecular flexibility index (Phi) is 4.01. The lowest BCUT2D eigenvalue weighted by Gasteiger charge is -2.23. The third kappa shape index (κ3) is 3.05. The summed E-state index contributed by atoms with van der Waals surface area (Å²) in [7, 11) is 0. The van der Waals surface area contributed by atoms with Crippen molar-refractivity contribution in [1.82, 2.24) is 0 Å². The number of hydrogen-bond donors (Lipinski definition) is 1. The van der Waals surface area contributed by atoms with Crippen LogP contribution in [0, 0.1) is 22.7 Å². The number of nitrogens with two attached hydrogens (primary N) is 1. The molecule has 0 atom stereocenters. The van der Waals surface area contributed by atoms with Crippen molar-refractivity contribution in [2.75, 3.05) is 23.7 Å². The highest BCUT2D eigenvalue weighted by atomic mass is 19.4. The van der Waals surface area contributed by atoms with E-state index in [9.17, 15) is 13.2 Å². The second-order valence-electron chi connectivity index (χ2n) is 3.45. The molecule has 0 aliphatic carbocycles. The molecule has 94 valence electrons. The molecule has 0 unspecified atom stereocenters. The van der Waals surface area contributed by atoms with Gasteiger partial charge in [0.05, 0.1) is 23.4 Å². The van der Waals surface area contributed by atoms with E-state index in [2.05, 4.69) is 0 Å². The van der Waals surface area contributed by atoms with Gasteiger partial charge in [-0.05, 0) is 18.2 Å². The van der Waals surface area contributed by atoms with E-state index in [0.717, 1.165) is 17.0 Å². The molecule has 0 heterocycles. The first-order valence-corrected chi connectivity index (χ1v) is 4.85. The summed E-state index contributed by atoms with van der Waals surface area (Å²) in [5.41, 5.74) is 4.12. The van der Waals surface area contributed by atoms with Gasteiger partial charge in [0.2, 0.25) is 0 Å². The van der Waals surface area contributed by atoms with Gasteiger partial charge in [0.1, 0.15) is 13.1 Å². The standard InChI is InChI=1S/C11H9F3N4/c12-11(13,14)9-7-8(17)1-2-10(9)18(5-3-15)6-4-16/h1-2,7H,5-6,17H2. The normalized spacial score (nSPS) is 10.5.